The zero-order chi connectivity index (χ0) is 10.2. The van der Waals surface area contributed by atoms with E-state index >= 15 is 0 Å². The van der Waals surface area contributed by atoms with Gasteiger partial charge in [0.15, 0.2) is 11.5 Å². The molecular formula is C10H13O3P. The summed E-state index contributed by atoms with van der Waals surface area (Å²) in [4.78, 5) is 0. The first-order chi connectivity index (χ1) is 6.59. The molecule has 0 fully saturated rings. The molecule has 0 amide bonds. The number of hydrogen-bond donors (Lipinski definition) is 0. The fourth-order valence-corrected chi connectivity index (χ4v) is 2.59. The Bertz CT molecular complexity index is 394. The minimum absolute atomic E-state index is 0.532. The van der Waals surface area contributed by atoms with Crippen LogP contribution in [0, 0.1) is 0 Å². The van der Waals surface area contributed by atoms with E-state index in [1.54, 1.807) is 13.3 Å². The molecule has 1 heterocycles. The van der Waals surface area contributed by atoms with Crippen LogP contribution in [-0.2, 0) is 4.57 Å². The maximum absolute atomic E-state index is 12.0. The van der Waals surface area contributed by atoms with Crippen molar-refractivity contribution in [3.05, 3.63) is 18.2 Å². The summed E-state index contributed by atoms with van der Waals surface area (Å²) < 4.78 is 22.8. The standard InChI is InChI=1S/C10H13O3P/c1-14(2,11)9-5-3-4-8-10(9)13-7-6-12-8/h3-5H,6-7H2,1-2H3. The van der Waals surface area contributed by atoms with E-state index in [-0.39, 0.29) is 0 Å². The lowest BCUT2D eigenvalue weighted by Gasteiger charge is -2.22. The van der Waals surface area contributed by atoms with Gasteiger partial charge >= 0.3 is 0 Å². The van der Waals surface area contributed by atoms with Crippen molar-refractivity contribution in [2.75, 3.05) is 26.5 Å². The van der Waals surface area contributed by atoms with Crippen molar-refractivity contribution in [1.82, 2.24) is 0 Å². The van der Waals surface area contributed by atoms with Gasteiger partial charge in [0.2, 0.25) is 0 Å². The first-order valence-electron chi connectivity index (χ1n) is 4.53. The van der Waals surface area contributed by atoms with E-state index in [4.69, 9.17) is 9.47 Å². The normalized spacial score (nSPS) is 15.3. The number of hydrogen-bond acceptors (Lipinski definition) is 3. The highest BCUT2D eigenvalue weighted by atomic mass is 31.2. The molecule has 3 nitrogen and oxygen atoms in total. The predicted octanol–water partition coefficient (Wildman–Crippen LogP) is 1.71. The predicted molar refractivity (Wildman–Crippen MR) is 56.5 cm³/mol. The van der Waals surface area contributed by atoms with Crippen molar-refractivity contribution in [2.45, 2.75) is 0 Å². The lowest BCUT2D eigenvalue weighted by Crippen LogP contribution is -2.20. The zero-order valence-electron chi connectivity index (χ0n) is 8.32. The average Bonchev–Trinajstić information content (AvgIpc) is 2.15. The second kappa shape index (κ2) is 3.32. The van der Waals surface area contributed by atoms with Gasteiger partial charge in [0.1, 0.15) is 20.4 Å². The van der Waals surface area contributed by atoms with E-state index < -0.39 is 7.14 Å². The number of ether oxygens (including phenoxy) is 2. The molecule has 1 aliphatic heterocycles. The molecule has 0 saturated carbocycles. The van der Waals surface area contributed by atoms with Gasteiger partial charge in [-0.2, -0.15) is 0 Å². The van der Waals surface area contributed by atoms with Crippen molar-refractivity contribution in [1.29, 1.82) is 0 Å². The third-order valence-corrected chi connectivity index (χ3v) is 3.64. The number of para-hydroxylation sites is 1. The topological polar surface area (TPSA) is 35.5 Å². The number of fused-ring (bicyclic) bond motifs is 1. The van der Waals surface area contributed by atoms with Gasteiger partial charge in [-0.15, -0.1) is 0 Å². The van der Waals surface area contributed by atoms with E-state index in [1.807, 2.05) is 18.2 Å². The Labute approximate surface area is 83.4 Å². The molecule has 0 atom stereocenters. The molecule has 2 rings (SSSR count). The summed E-state index contributed by atoms with van der Waals surface area (Å²) in [5.41, 5.74) is 0. The molecule has 0 saturated heterocycles. The van der Waals surface area contributed by atoms with Crippen LogP contribution in [0.25, 0.3) is 0 Å². The lowest BCUT2D eigenvalue weighted by molar-refractivity contribution is 0.173. The molecule has 1 aromatic rings. The first kappa shape index (κ1) is 9.60. The minimum atomic E-state index is -2.28. The smallest absolute Gasteiger partial charge is 0.172 e. The van der Waals surface area contributed by atoms with E-state index in [2.05, 4.69) is 0 Å². The second-order valence-electron chi connectivity index (χ2n) is 3.65. The Hall–Kier alpha value is -0.950. The molecule has 0 aromatic heterocycles. The summed E-state index contributed by atoms with van der Waals surface area (Å²) in [5, 5.41) is 0.773. The van der Waals surface area contributed by atoms with Crippen molar-refractivity contribution in [2.24, 2.45) is 0 Å². The second-order valence-corrected chi connectivity index (χ2v) is 6.84. The van der Waals surface area contributed by atoms with Crippen LogP contribution in [-0.4, -0.2) is 26.5 Å². The quantitative estimate of drug-likeness (QED) is 0.665. The minimum Gasteiger partial charge on any atom is -0.486 e. The molecule has 1 aromatic carbocycles. The fourth-order valence-electron chi connectivity index (χ4n) is 1.48. The monoisotopic (exact) mass is 212 g/mol. The van der Waals surface area contributed by atoms with E-state index in [0.717, 1.165) is 5.30 Å². The average molecular weight is 212 g/mol. The Morgan fingerprint density at radius 1 is 1.21 bits per heavy atom. The Morgan fingerprint density at radius 3 is 2.64 bits per heavy atom. The summed E-state index contributed by atoms with van der Waals surface area (Å²) in [7, 11) is -2.28. The molecule has 76 valence electrons. The van der Waals surface area contributed by atoms with Crippen molar-refractivity contribution >= 4 is 12.4 Å². The molecule has 0 N–H and O–H groups in total. The van der Waals surface area contributed by atoms with Crippen LogP contribution in [0.3, 0.4) is 0 Å². The van der Waals surface area contributed by atoms with Gasteiger partial charge < -0.3 is 14.0 Å². The third-order valence-electron chi connectivity index (χ3n) is 2.13. The summed E-state index contributed by atoms with van der Waals surface area (Å²) in [6, 6.07) is 5.53. The first-order valence-corrected chi connectivity index (χ1v) is 7.13. The van der Waals surface area contributed by atoms with E-state index in [9.17, 15) is 4.57 Å². The van der Waals surface area contributed by atoms with Gasteiger partial charge in [-0.1, -0.05) is 6.07 Å². The molecule has 14 heavy (non-hydrogen) atoms. The van der Waals surface area contributed by atoms with Crippen molar-refractivity contribution in [3.8, 4) is 11.5 Å². The third kappa shape index (κ3) is 1.64. The molecule has 0 bridgehead atoms. The van der Waals surface area contributed by atoms with Gasteiger partial charge in [0, 0.05) is 0 Å². The summed E-state index contributed by atoms with van der Waals surface area (Å²) in [5.74, 6) is 1.37. The molecule has 0 unspecified atom stereocenters. The molecule has 0 spiro atoms. The van der Waals surface area contributed by atoms with E-state index in [1.165, 1.54) is 0 Å². The SMILES string of the molecule is CP(C)(=O)c1cccc2c1OCCO2. The Balaban J connectivity index is 2.56. The molecule has 4 heteroatoms. The highest BCUT2D eigenvalue weighted by Crippen LogP contribution is 2.42. The van der Waals surface area contributed by atoms with Crippen LogP contribution in [0.15, 0.2) is 18.2 Å². The van der Waals surface area contributed by atoms with Crippen LogP contribution < -0.4 is 14.8 Å². The van der Waals surface area contributed by atoms with Crippen LogP contribution in [0.2, 0.25) is 0 Å². The van der Waals surface area contributed by atoms with Gasteiger partial charge in [-0.3, -0.25) is 0 Å². The zero-order valence-corrected chi connectivity index (χ0v) is 9.21. The fraction of sp³-hybridized carbons (Fsp3) is 0.400. The molecule has 0 aliphatic carbocycles. The molecule has 1 aliphatic rings. The summed E-state index contributed by atoms with van der Waals surface area (Å²) in [6.45, 7) is 4.57. The molecule has 0 radical (unpaired) electrons. The summed E-state index contributed by atoms with van der Waals surface area (Å²) in [6.07, 6.45) is 0. The highest BCUT2D eigenvalue weighted by Gasteiger charge is 2.22. The Kier molecular flexibility index (Phi) is 2.28. The lowest BCUT2D eigenvalue weighted by atomic mass is 10.3. The number of rotatable bonds is 1. The van der Waals surface area contributed by atoms with Crippen LogP contribution >= 0.6 is 7.14 Å². The Morgan fingerprint density at radius 2 is 1.93 bits per heavy atom. The maximum Gasteiger partial charge on any atom is 0.172 e. The maximum atomic E-state index is 12.0. The highest BCUT2D eigenvalue weighted by molar-refractivity contribution is 7.70. The van der Waals surface area contributed by atoms with Crippen LogP contribution in [0.1, 0.15) is 0 Å². The van der Waals surface area contributed by atoms with Crippen molar-refractivity contribution in [3.63, 3.8) is 0 Å². The largest absolute Gasteiger partial charge is 0.486 e. The summed E-state index contributed by atoms with van der Waals surface area (Å²) >= 11 is 0. The molecular weight excluding hydrogens is 199 g/mol. The van der Waals surface area contributed by atoms with Gasteiger partial charge in [-0.05, 0) is 25.5 Å². The van der Waals surface area contributed by atoms with Crippen molar-refractivity contribution < 1.29 is 14.0 Å². The number of benzene rings is 1. The van der Waals surface area contributed by atoms with E-state index in [0.29, 0.717) is 24.7 Å². The van der Waals surface area contributed by atoms with Crippen LogP contribution in [0.4, 0.5) is 0 Å². The van der Waals surface area contributed by atoms with Gasteiger partial charge in [-0.25, -0.2) is 0 Å². The van der Waals surface area contributed by atoms with Gasteiger partial charge in [0.05, 0.1) is 5.30 Å². The van der Waals surface area contributed by atoms with Crippen LogP contribution in [0.5, 0.6) is 11.5 Å². The van der Waals surface area contributed by atoms with Gasteiger partial charge in [0.25, 0.3) is 0 Å².